The van der Waals surface area contributed by atoms with Gasteiger partial charge in [0.1, 0.15) is 6.10 Å². The normalized spacial score (nSPS) is 20.0. The van der Waals surface area contributed by atoms with Crippen LogP contribution in [0.2, 0.25) is 5.02 Å². The first kappa shape index (κ1) is 17.3. The molecule has 1 fully saturated rings. The van der Waals surface area contributed by atoms with Crippen LogP contribution in [0.25, 0.3) is 0 Å². The minimum absolute atomic E-state index is 0.0113. The number of benzene rings is 1. The molecule has 5 heteroatoms. The fourth-order valence-corrected chi connectivity index (χ4v) is 2.89. The van der Waals surface area contributed by atoms with E-state index in [-0.39, 0.29) is 11.9 Å². The van der Waals surface area contributed by atoms with Crippen LogP contribution < -0.4 is 5.32 Å². The fraction of sp³-hybridized carbons (Fsp3) is 0.588. The zero-order chi connectivity index (χ0) is 15.9. The van der Waals surface area contributed by atoms with Crippen molar-refractivity contribution in [1.82, 2.24) is 10.2 Å². The number of nitrogens with zero attached hydrogens (tertiary/aromatic N) is 1. The SMILES string of the molecule is CCCCOC(C)C(=O)N1CCNCC1c1cccc(Cl)c1. The predicted molar refractivity (Wildman–Crippen MR) is 89.1 cm³/mol. The standard InChI is InChI=1S/C17H25ClN2O2/c1-3-4-10-22-13(2)17(21)20-9-8-19-12-16(20)14-6-5-7-15(18)11-14/h5-7,11,13,16,19H,3-4,8-10,12H2,1-2H3. The first-order valence-corrected chi connectivity index (χ1v) is 8.39. The molecule has 1 aromatic rings. The Morgan fingerprint density at radius 2 is 2.36 bits per heavy atom. The van der Waals surface area contributed by atoms with Crippen LogP contribution >= 0.6 is 11.6 Å². The van der Waals surface area contributed by atoms with Crippen LogP contribution in [0.4, 0.5) is 0 Å². The van der Waals surface area contributed by atoms with Gasteiger partial charge in [0.15, 0.2) is 0 Å². The molecule has 1 aliphatic rings. The summed E-state index contributed by atoms with van der Waals surface area (Å²) >= 11 is 6.09. The number of nitrogens with one attached hydrogen (secondary N) is 1. The van der Waals surface area contributed by atoms with E-state index in [4.69, 9.17) is 16.3 Å². The summed E-state index contributed by atoms with van der Waals surface area (Å²) in [5.41, 5.74) is 1.06. The Labute approximate surface area is 137 Å². The summed E-state index contributed by atoms with van der Waals surface area (Å²) in [7, 11) is 0. The van der Waals surface area contributed by atoms with E-state index in [1.807, 2.05) is 36.1 Å². The van der Waals surface area contributed by atoms with Crippen molar-refractivity contribution in [1.29, 1.82) is 0 Å². The Morgan fingerprint density at radius 3 is 3.09 bits per heavy atom. The zero-order valence-electron chi connectivity index (χ0n) is 13.3. The van der Waals surface area contributed by atoms with Crippen LogP contribution in [0, 0.1) is 0 Å². The van der Waals surface area contributed by atoms with Gasteiger partial charge >= 0.3 is 0 Å². The average Bonchev–Trinajstić information content (AvgIpc) is 2.54. The first-order valence-electron chi connectivity index (χ1n) is 8.01. The Hall–Kier alpha value is -1.10. The van der Waals surface area contributed by atoms with Gasteiger partial charge in [-0.2, -0.15) is 0 Å². The van der Waals surface area contributed by atoms with Crippen LogP contribution in [-0.2, 0) is 9.53 Å². The lowest BCUT2D eigenvalue weighted by molar-refractivity contribution is -0.146. The molecule has 1 amide bonds. The van der Waals surface area contributed by atoms with Crippen LogP contribution in [0.5, 0.6) is 0 Å². The second-order valence-corrected chi connectivity index (χ2v) is 6.11. The van der Waals surface area contributed by atoms with Crippen molar-refractivity contribution in [3.8, 4) is 0 Å². The molecule has 0 radical (unpaired) electrons. The van der Waals surface area contributed by atoms with Crippen molar-refractivity contribution in [2.45, 2.75) is 38.8 Å². The van der Waals surface area contributed by atoms with Gasteiger partial charge in [-0.25, -0.2) is 0 Å². The molecule has 2 atom stereocenters. The number of hydrogen-bond acceptors (Lipinski definition) is 3. The summed E-state index contributed by atoms with van der Waals surface area (Å²) in [6.45, 7) is 6.84. The van der Waals surface area contributed by atoms with Gasteiger partial charge in [0, 0.05) is 31.3 Å². The van der Waals surface area contributed by atoms with E-state index in [1.54, 1.807) is 0 Å². The second-order valence-electron chi connectivity index (χ2n) is 5.67. The highest BCUT2D eigenvalue weighted by molar-refractivity contribution is 6.30. The molecule has 1 aliphatic heterocycles. The molecule has 0 aliphatic carbocycles. The van der Waals surface area contributed by atoms with E-state index < -0.39 is 6.10 Å². The van der Waals surface area contributed by atoms with Gasteiger partial charge in [-0.15, -0.1) is 0 Å². The summed E-state index contributed by atoms with van der Waals surface area (Å²) < 4.78 is 5.67. The number of unbranched alkanes of at least 4 members (excludes halogenated alkanes) is 1. The minimum atomic E-state index is -0.397. The summed E-state index contributed by atoms with van der Waals surface area (Å²) in [6, 6.07) is 7.74. The number of piperazine rings is 1. The summed E-state index contributed by atoms with van der Waals surface area (Å²) in [5.74, 6) is 0.0579. The van der Waals surface area contributed by atoms with Gasteiger partial charge in [0.2, 0.25) is 0 Å². The number of amides is 1. The molecule has 22 heavy (non-hydrogen) atoms. The maximum absolute atomic E-state index is 12.7. The fourth-order valence-electron chi connectivity index (χ4n) is 2.69. The highest BCUT2D eigenvalue weighted by Crippen LogP contribution is 2.25. The lowest BCUT2D eigenvalue weighted by Crippen LogP contribution is -2.51. The maximum atomic E-state index is 12.7. The zero-order valence-corrected chi connectivity index (χ0v) is 14.1. The van der Waals surface area contributed by atoms with Gasteiger partial charge in [-0.1, -0.05) is 37.1 Å². The quantitative estimate of drug-likeness (QED) is 0.818. The molecule has 0 aromatic heterocycles. The molecule has 1 heterocycles. The third-order valence-corrected chi connectivity index (χ3v) is 4.21. The number of halogens is 1. The van der Waals surface area contributed by atoms with E-state index in [0.717, 1.165) is 31.5 Å². The molecular formula is C17H25ClN2O2. The largest absolute Gasteiger partial charge is 0.369 e. The third kappa shape index (κ3) is 4.45. The average molecular weight is 325 g/mol. The number of ether oxygens (including phenoxy) is 1. The van der Waals surface area contributed by atoms with Crippen molar-refractivity contribution in [3.63, 3.8) is 0 Å². The molecule has 2 rings (SSSR count). The Morgan fingerprint density at radius 1 is 1.55 bits per heavy atom. The predicted octanol–water partition coefficient (Wildman–Crippen LogP) is 3.02. The van der Waals surface area contributed by atoms with Gasteiger partial charge in [0.25, 0.3) is 5.91 Å². The molecule has 122 valence electrons. The van der Waals surface area contributed by atoms with E-state index in [1.165, 1.54) is 0 Å². The lowest BCUT2D eigenvalue weighted by atomic mass is 10.0. The van der Waals surface area contributed by atoms with E-state index >= 15 is 0 Å². The second kappa shape index (κ2) is 8.51. The van der Waals surface area contributed by atoms with Crippen LogP contribution in [-0.4, -0.2) is 43.2 Å². The highest BCUT2D eigenvalue weighted by atomic mass is 35.5. The molecule has 0 saturated carbocycles. The Bertz CT molecular complexity index is 495. The van der Waals surface area contributed by atoms with Gasteiger partial charge in [-0.05, 0) is 31.0 Å². The third-order valence-electron chi connectivity index (χ3n) is 3.97. The highest BCUT2D eigenvalue weighted by Gasteiger charge is 2.30. The Kier molecular flexibility index (Phi) is 6.68. The molecule has 4 nitrogen and oxygen atoms in total. The minimum Gasteiger partial charge on any atom is -0.369 e. The number of rotatable bonds is 6. The van der Waals surface area contributed by atoms with Crippen LogP contribution in [0.15, 0.2) is 24.3 Å². The molecule has 0 spiro atoms. The van der Waals surface area contributed by atoms with Crippen LogP contribution in [0.3, 0.4) is 0 Å². The molecule has 1 saturated heterocycles. The summed E-state index contributed by atoms with van der Waals surface area (Å²) in [4.78, 5) is 14.6. The van der Waals surface area contributed by atoms with Gasteiger partial charge in [-0.3, -0.25) is 4.79 Å². The topological polar surface area (TPSA) is 41.6 Å². The number of carbonyl (C=O) groups excluding carboxylic acids is 1. The van der Waals surface area contributed by atoms with Crippen LogP contribution in [0.1, 0.15) is 38.3 Å². The Balaban J connectivity index is 2.07. The summed E-state index contributed by atoms with van der Waals surface area (Å²) in [6.07, 6.45) is 1.66. The monoisotopic (exact) mass is 324 g/mol. The van der Waals surface area contributed by atoms with E-state index in [0.29, 0.717) is 18.2 Å². The van der Waals surface area contributed by atoms with E-state index in [9.17, 15) is 4.79 Å². The van der Waals surface area contributed by atoms with Crippen molar-refractivity contribution < 1.29 is 9.53 Å². The molecule has 1 N–H and O–H groups in total. The maximum Gasteiger partial charge on any atom is 0.252 e. The van der Waals surface area contributed by atoms with E-state index in [2.05, 4.69) is 12.2 Å². The van der Waals surface area contributed by atoms with Crippen molar-refractivity contribution in [2.24, 2.45) is 0 Å². The van der Waals surface area contributed by atoms with Gasteiger partial charge in [0.05, 0.1) is 6.04 Å². The first-order chi connectivity index (χ1) is 10.6. The van der Waals surface area contributed by atoms with Gasteiger partial charge < -0.3 is 15.0 Å². The van der Waals surface area contributed by atoms with Crippen molar-refractivity contribution >= 4 is 17.5 Å². The molecular weight excluding hydrogens is 300 g/mol. The number of hydrogen-bond donors (Lipinski definition) is 1. The molecule has 0 bridgehead atoms. The molecule has 2 unspecified atom stereocenters. The van der Waals surface area contributed by atoms with Crippen molar-refractivity contribution in [3.05, 3.63) is 34.9 Å². The number of carbonyl (C=O) groups is 1. The lowest BCUT2D eigenvalue weighted by Gasteiger charge is -2.38. The molecule has 1 aromatic carbocycles. The summed E-state index contributed by atoms with van der Waals surface area (Å²) in [5, 5.41) is 4.05. The van der Waals surface area contributed by atoms with Crippen molar-refractivity contribution in [2.75, 3.05) is 26.2 Å². The smallest absolute Gasteiger partial charge is 0.252 e.